The van der Waals surface area contributed by atoms with Crippen molar-refractivity contribution >= 4 is 7.52 Å². The molecule has 1 rings (SSSR count). The van der Waals surface area contributed by atoms with Crippen molar-refractivity contribution < 1.29 is 67.8 Å². The molecule has 0 N–H and O–H groups in total. The Hall–Kier alpha value is 1.19. The first-order chi connectivity index (χ1) is 6.16. The molecule has 0 aromatic carbocycles. The second kappa shape index (κ2) is 6.39. The van der Waals surface area contributed by atoms with Crippen LogP contribution in [0.5, 0.6) is 0 Å². The van der Waals surface area contributed by atoms with Gasteiger partial charge in [-0.2, -0.15) is 0 Å². The van der Waals surface area contributed by atoms with Crippen molar-refractivity contribution in [3.63, 3.8) is 0 Å². The number of hydrogen-bond acceptors (Lipinski definition) is 2. The summed E-state index contributed by atoms with van der Waals surface area (Å²) in [7, 11) is -1.96. The number of aryl methyl sites for hydroxylation is 2. The Labute approximate surface area is 136 Å². The standard InChI is InChI=1S/C9H16N2O2P.W.Y/c1-8-6-11(7-10(8)5)14(12,13)9(2,3)4;;/h1-5H3,(H,12,13);;/q-1;;/p-1. The molecule has 0 aliphatic carbocycles. The first-order valence-electron chi connectivity index (χ1n) is 4.38. The molecule has 0 saturated carbocycles. The summed E-state index contributed by atoms with van der Waals surface area (Å²) in [5.41, 5.74) is 0.741. The molecule has 89 valence electrons. The van der Waals surface area contributed by atoms with Crippen LogP contribution in [0.25, 0.3) is 0 Å². The molecule has 1 aromatic heterocycles. The van der Waals surface area contributed by atoms with E-state index in [1.54, 1.807) is 39.3 Å². The van der Waals surface area contributed by atoms with Gasteiger partial charge in [0.15, 0.2) is 0 Å². The van der Waals surface area contributed by atoms with Gasteiger partial charge in [-0.05, 0) is 6.92 Å². The Morgan fingerprint density at radius 3 is 2.12 bits per heavy atom. The fourth-order valence-electron chi connectivity index (χ4n) is 0.895. The van der Waals surface area contributed by atoms with Gasteiger partial charge in [0.2, 0.25) is 0 Å². The monoisotopic (exact) mass is 487 g/mol. The zero-order valence-corrected chi connectivity index (χ0v) is 16.8. The average molecular weight is 487 g/mol. The average Bonchev–Trinajstić information content (AvgIpc) is 2.30. The third kappa shape index (κ3) is 3.85. The number of imidazole rings is 1. The van der Waals surface area contributed by atoms with Crippen molar-refractivity contribution in [2.45, 2.75) is 32.9 Å². The van der Waals surface area contributed by atoms with E-state index in [1.807, 2.05) is 0 Å². The van der Waals surface area contributed by atoms with E-state index in [4.69, 9.17) is 0 Å². The van der Waals surface area contributed by atoms with E-state index in [0.29, 0.717) is 0 Å². The van der Waals surface area contributed by atoms with Crippen molar-refractivity contribution in [2.24, 2.45) is 7.05 Å². The summed E-state index contributed by atoms with van der Waals surface area (Å²) in [6.07, 6.45) is 5.43. The number of aromatic nitrogens is 2. The summed E-state index contributed by atoms with van der Waals surface area (Å²) in [6, 6.07) is 0. The van der Waals surface area contributed by atoms with Crippen LogP contribution in [0.4, 0.5) is 0 Å². The number of rotatable bonds is 1. The van der Waals surface area contributed by atoms with Gasteiger partial charge in [-0.1, -0.05) is 26.5 Å². The summed E-state index contributed by atoms with van der Waals surface area (Å²) < 4.78 is 14.6. The Kier molecular flexibility index (Phi) is 7.79. The van der Waals surface area contributed by atoms with Gasteiger partial charge < -0.3 is 13.8 Å². The first-order valence-corrected chi connectivity index (χ1v) is 5.96. The van der Waals surface area contributed by atoms with Crippen molar-refractivity contribution in [1.82, 2.24) is 4.34 Å². The molecule has 0 aliphatic heterocycles. The summed E-state index contributed by atoms with van der Waals surface area (Å²) in [6.45, 7) is 6.78. The molecule has 0 spiro atoms. The minimum absolute atomic E-state index is 0. The molecule has 1 radical (unpaired) electrons. The Bertz CT molecular complexity index is 381. The smallest absolute Gasteiger partial charge is 0.133 e. The van der Waals surface area contributed by atoms with Crippen molar-refractivity contribution in [3.05, 3.63) is 18.2 Å². The largest absolute Gasteiger partial charge is 0.768 e. The van der Waals surface area contributed by atoms with E-state index >= 15 is 0 Å². The molecule has 1 aromatic rings. The van der Waals surface area contributed by atoms with E-state index in [0.717, 1.165) is 10.0 Å². The third-order valence-electron chi connectivity index (χ3n) is 2.13. The van der Waals surface area contributed by atoms with Gasteiger partial charge in [0.05, 0.1) is 0 Å². The number of nitrogens with zero attached hydrogens (tertiary/aromatic N) is 2. The molecule has 0 saturated heterocycles. The normalized spacial score (nSPS) is 14.6. The van der Waals surface area contributed by atoms with E-state index in [9.17, 15) is 9.46 Å². The molecular formula is C9H15N2O2PWY-2. The fourth-order valence-corrected chi connectivity index (χ4v) is 2.02. The summed E-state index contributed by atoms with van der Waals surface area (Å²) in [5, 5.41) is -0.807. The number of hydrogen-bond donors (Lipinski definition) is 0. The van der Waals surface area contributed by atoms with Crippen LogP contribution >= 0.6 is 7.52 Å². The SMILES string of the molecule is Cc1[c-]n(P(=O)([O-])C(C)(C)C)[c-][n+]1C.[W].[Y]. The van der Waals surface area contributed by atoms with E-state index < -0.39 is 12.7 Å². The Morgan fingerprint density at radius 2 is 1.88 bits per heavy atom. The Morgan fingerprint density at radius 1 is 1.44 bits per heavy atom. The minimum atomic E-state index is -3.70. The maximum Gasteiger partial charge on any atom is 0.133 e. The van der Waals surface area contributed by atoms with Crippen LogP contribution in [0.15, 0.2) is 0 Å². The molecule has 4 nitrogen and oxygen atoms in total. The van der Waals surface area contributed by atoms with Crippen LogP contribution in [0.1, 0.15) is 26.5 Å². The maximum atomic E-state index is 11.9. The van der Waals surface area contributed by atoms with Gasteiger partial charge in [-0.25, -0.2) is 0 Å². The Balaban J connectivity index is 0. The molecular weight excluding hydrogens is 472 g/mol. The van der Waals surface area contributed by atoms with E-state index in [2.05, 4.69) is 12.5 Å². The van der Waals surface area contributed by atoms with Crippen LogP contribution < -0.4 is 9.46 Å². The summed E-state index contributed by atoms with van der Waals surface area (Å²) >= 11 is 0. The van der Waals surface area contributed by atoms with Crippen molar-refractivity contribution in [3.8, 4) is 0 Å². The minimum Gasteiger partial charge on any atom is -0.768 e. The predicted molar refractivity (Wildman–Crippen MR) is 50.8 cm³/mol. The van der Waals surface area contributed by atoms with Gasteiger partial charge >= 0.3 is 0 Å². The van der Waals surface area contributed by atoms with Crippen LogP contribution in [0, 0.1) is 19.4 Å². The van der Waals surface area contributed by atoms with Gasteiger partial charge in [0.25, 0.3) is 0 Å². The zero-order valence-electron chi connectivity index (χ0n) is 10.1. The van der Waals surface area contributed by atoms with Crippen LogP contribution in [-0.4, -0.2) is 9.49 Å². The van der Waals surface area contributed by atoms with Gasteiger partial charge in [0, 0.05) is 66.0 Å². The van der Waals surface area contributed by atoms with Crippen molar-refractivity contribution in [2.75, 3.05) is 0 Å². The second-order valence-electron chi connectivity index (χ2n) is 4.36. The molecule has 7 heteroatoms. The maximum absolute atomic E-state index is 11.9. The molecule has 1 unspecified atom stereocenters. The quantitative estimate of drug-likeness (QED) is 0.328. The predicted octanol–water partition coefficient (Wildman–Crippen LogP) is 0.416. The summed E-state index contributed by atoms with van der Waals surface area (Å²) in [5.74, 6) is 0. The topological polar surface area (TPSA) is 48.9 Å². The first kappa shape index (κ1) is 19.5. The molecule has 0 aliphatic rings. The van der Waals surface area contributed by atoms with Crippen molar-refractivity contribution in [1.29, 1.82) is 0 Å². The zero-order chi connectivity index (χ0) is 11.1. The summed E-state index contributed by atoms with van der Waals surface area (Å²) in [4.78, 5) is 11.9. The molecule has 1 heterocycles. The molecule has 16 heavy (non-hydrogen) atoms. The fraction of sp³-hybridized carbons (Fsp3) is 0.667. The molecule has 0 fully saturated rings. The van der Waals surface area contributed by atoms with Crippen LogP contribution in [-0.2, 0) is 65.4 Å². The molecule has 1 atom stereocenters. The van der Waals surface area contributed by atoms with Gasteiger partial charge in [-0.3, -0.25) is 10.8 Å². The van der Waals surface area contributed by atoms with E-state index in [1.165, 1.54) is 0 Å². The van der Waals surface area contributed by atoms with E-state index in [-0.39, 0.29) is 53.8 Å². The van der Waals surface area contributed by atoms with Crippen LogP contribution in [0.2, 0.25) is 0 Å². The second-order valence-corrected chi connectivity index (χ2v) is 7.14. The van der Waals surface area contributed by atoms with Gasteiger partial charge in [0.1, 0.15) is 7.52 Å². The van der Waals surface area contributed by atoms with Crippen LogP contribution in [0.3, 0.4) is 0 Å². The molecule has 0 amide bonds. The third-order valence-corrected chi connectivity index (χ3v) is 4.54. The van der Waals surface area contributed by atoms with Gasteiger partial charge in [-0.15, -0.1) is 6.33 Å². The molecule has 0 bridgehead atoms.